The second-order valence-electron chi connectivity index (χ2n) is 4.67. The van der Waals surface area contributed by atoms with Crippen LogP contribution in [0.1, 0.15) is 19.8 Å². The molecule has 1 aliphatic rings. The molecule has 17 heavy (non-hydrogen) atoms. The van der Waals surface area contributed by atoms with Crippen LogP contribution in [0.25, 0.3) is 5.65 Å². The molecule has 6 heteroatoms. The lowest BCUT2D eigenvalue weighted by Crippen LogP contribution is -2.35. The molecule has 1 saturated heterocycles. The minimum atomic E-state index is -0.214. The summed E-state index contributed by atoms with van der Waals surface area (Å²) in [5.74, 6) is 1.47. The largest absolute Gasteiger partial charge is 0.353 e. The molecule has 0 bridgehead atoms. The second-order valence-corrected chi connectivity index (χ2v) is 4.67. The Morgan fingerprint density at radius 1 is 1.53 bits per heavy atom. The van der Waals surface area contributed by atoms with Gasteiger partial charge < -0.3 is 4.90 Å². The highest BCUT2D eigenvalue weighted by molar-refractivity contribution is 5.63. The Morgan fingerprint density at radius 3 is 3.24 bits per heavy atom. The highest BCUT2D eigenvalue weighted by Gasteiger charge is 2.20. The van der Waals surface area contributed by atoms with Crippen LogP contribution in [0.2, 0.25) is 0 Å². The van der Waals surface area contributed by atoms with E-state index >= 15 is 0 Å². The molecule has 0 spiro atoms. The lowest BCUT2D eigenvalue weighted by molar-refractivity contribution is 0.445. The zero-order valence-electron chi connectivity index (χ0n) is 9.76. The van der Waals surface area contributed by atoms with Gasteiger partial charge in [0.05, 0.1) is 0 Å². The van der Waals surface area contributed by atoms with E-state index in [2.05, 4.69) is 27.0 Å². The topological polar surface area (TPSA) is 66.3 Å². The minimum Gasteiger partial charge on any atom is -0.353 e. The molecule has 3 rings (SSSR count). The molecule has 1 aliphatic heterocycles. The SMILES string of the molecule is CC1CCCN(c2nccn3c(=O)[nH]nc23)C1. The second kappa shape index (κ2) is 3.87. The highest BCUT2D eigenvalue weighted by atomic mass is 16.1. The fraction of sp³-hybridized carbons (Fsp3) is 0.545. The summed E-state index contributed by atoms with van der Waals surface area (Å²) in [6.45, 7) is 4.20. The maximum Gasteiger partial charge on any atom is 0.347 e. The Kier molecular flexibility index (Phi) is 2.35. The third kappa shape index (κ3) is 1.69. The van der Waals surface area contributed by atoms with Crippen molar-refractivity contribution in [2.75, 3.05) is 18.0 Å². The predicted molar refractivity (Wildman–Crippen MR) is 64.2 cm³/mol. The molecule has 1 fully saturated rings. The standard InChI is InChI=1S/C11H15N5O/c1-8-3-2-5-15(7-8)9-10-13-14-11(17)16(10)6-4-12-9/h4,6,8H,2-3,5,7H2,1H3,(H,14,17). The molecule has 6 nitrogen and oxygen atoms in total. The number of H-pyrrole nitrogens is 1. The number of nitrogens with zero attached hydrogens (tertiary/aromatic N) is 4. The molecule has 1 unspecified atom stereocenters. The van der Waals surface area contributed by atoms with Crippen LogP contribution in [0.5, 0.6) is 0 Å². The molecule has 3 heterocycles. The van der Waals surface area contributed by atoms with E-state index < -0.39 is 0 Å². The Morgan fingerprint density at radius 2 is 2.41 bits per heavy atom. The average Bonchev–Trinajstić information content (AvgIpc) is 2.71. The van der Waals surface area contributed by atoms with Crippen molar-refractivity contribution in [3.05, 3.63) is 22.9 Å². The van der Waals surface area contributed by atoms with E-state index in [4.69, 9.17) is 0 Å². The summed E-state index contributed by atoms with van der Waals surface area (Å²) in [5, 5.41) is 6.50. The third-order valence-electron chi connectivity index (χ3n) is 3.27. The molecule has 0 aliphatic carbocycles. The van der Waals surface area contributed by atoms with Gasteiger partial charge in [0.2, 0.25) is 5.65 Å². The predicted octanol–water partition coefficient (Wildman–Crippen LogP) is 0.654. The van der Waals surface area contributed by atoms with Crippen LogP contribution in [0.4, 0.5) is 5.82 Å². The molecule has 2 aromatic rings. The zero-order chi connectivity index (χ0) is 11.8. The maximum atomic E-state index is 11.5. The Labute approximate surface area is 98.3 Å². The quantitative estimate of drug-likeness (QED) is 0.785. The number of piperidine rings is 1. The van der Waals surface area contributed by atoms with Crippen LogP contribution in [0, 0.1) is 5.92 Å². The van der Waals surface area contributed by atoms with E-state index in [1.54, 1.807) is 12.4 Å². The first-order chi connectivity index (χ1) is 8.25. The highest BCUT2D eigenvalue weighted by Crippen LogP contribution is 2.22. The molecule has 90 valence electrons. The fourth-order valence-electron chi connectivity index (χ4n) is 2.43. The number of nitrogens with one attached hydrogen (secondary N) is 1. The van der Waals surface area contributed by atoms with Gasteiger partial charge in [-0.2, -0.15) is 0 Å². The van der Waals surface area contributed by atoms with Crippen LogP contribution in [0.15, 0.2) is 17.2 Å². The number of aromatic amines is 1. The first-order valence-electron chi connectivity index (χ1n) is 5.92. The number of anilines is 1. The van der Waals surface area contributed by atoms with E-state index in [1.807, 2.05) is 0 Å². The molecule has 0 saturated carbocycles. The Balaban J connectivity index is 2.07. The Hall–Kier alpha value is -1.85. The van der Waals surface area contributed by atoms with Crippen LogP contribution in [-0.2, 0) is 0 Å². The lowest BCUT2D eigenvalue weighted by Gasteiger charge is -2.31. The summed E-state index contributed by atoms with van der Waals surface area (Å²) in [6.07, 6.45) is 5.71. The molecule has 0 aromatic carbocycles. The number of aromatic nitrogens is 4. The van der Waals surface area contributed by atoms with Gasteiger partial charge in [-0.3, -0.25) is 0 Å². The van der Waals surface area contributed by atoms with Crippen molar-refractivity contribution in [3.8, 4) is 0 Å². The van der Waals surface area contributed by atoms with Gasteiger partial charge in [-0.05, 0) is 18.8 Å². The average molecular weight is 233 g/mol. The number of rotatable bonds is 1. The third-order valence-corrected chi connectivity index (χ3v) is 3.27. The van der Waals surface area contributed by atoms with Crippen molar-refractivity contribution in [2.45, 2.75) is 19.8 Å². The van der Waals surface area contributed by atoms with Crippen molar-refractivity contribution in [2.24, 2.45) is 5.92 Å². The van der Waals surface area contributed by atoms with Gasteiger partial charge in [-0.15, -0.1) is 5.10 Å². The van der Waals surface area contributed by atoms with E-state index in [0.717, 1.165) is 18.9 Å². The normalized spacial score (nSPS) is 21.0. The van der Waals surface area contributed by atoms with E-state index in [9.17, 15) is 4.79 Å². The summed E-state index contributed by atoms with van der Waals surface area (Å²) in [4.78, 5) is 18.1. The number of hydrogen-bond donors (Lipinski definition) is 1. The molecule has 2 aromatic heterocycles. The molecular weight excluding hydrogens is 218 g/mol. The van der Waals surface area contributed by atoms with E-state index in [-0.39, 0.29) is 5.69 Å². The van der Waals surface area contributed by atoms with Gasteiger partial charge in [-0.25, -0.2) is 19.3 Å². The maximum absolute atomic E-state index is 11.5. The summed E-state index contributed by atoms with van der Waals surface area (Å²) in [5.41, 5.74) is 0.403. The molecule has 0 radical (unpaired) electrons. The fourth-order valence-corrected chi connectivity index (χ4v) is 2.43. The van der Waals surface area contributed by atoms with Crippen molar-refractivity contribution in [1.29, 1.82) is 0 Å². The van der Waals surface area contributed by atoms with E-state index in [0.29, 0.717) is 11.6 Å². The Bertz CT molecular complexity index is 587. The van der Waals surface area contributed by atoms with Crippen molar-refractivity contribution in [1.82, 2.24) is 19.6 Å². The summed E-state index contributed by atoms with van der Waals surface area (Å²) < 4.78 is 1.50. The van der Waals surface area contributed by atoms with Gasteiger partial charge in [0.25, 0.3) is 0 Å². The van der Waals surface area contributed by atoms with Gasteiger partial charge in [0.15, 0.2) is 5.82 Å². The van der Waals surface area contributed by atoms with Crippen LogP contribution in [-0.4, -0.2) is 32.7 Å². The molecular formula is C11H15N5O. The van der Waals surface area contributed by atoms with Gasteiger partial charge in [0.1, 0.15) is 0 Å². The van der Waals surface area contributed by atoms with Gasteiger partial charge >= 0.3 is 5.69 Å². The van der Waals surface area contributed by atoms with Crippen LogP contribution >= 0.6 is 0 Å². The zero-order valence-corrected chi connectivity index (χ0v) is 9.76. The summed E-state index contributed by atoms with van der Waals surface area (Å²) in [6, 6.07) is 0. The lowest BCUT2D eigenvalue weighted by atomic mass is 10.0. The summed E-state index contributed by atoms with van der Waals surface area (Å²) >= 11 is 0. The van der Waals surface area contributed by atoms with Crippen LogP contribution < -0.4 is 10.6 Å². The first-order valence-corrected chi connectivity index (χ1v) is 5.92. The van der Waals surface area contributed by atoms with Crippen LogP contribution in [0.3, 0.4) is 0 Å². The number of hydrogen-bond acceptors (Lipinski definition) is 4. The molecule has 1 atom stereocenters. The van der Waals surface area contributed by atoms with Crippen molar-refractivity contribution >= 4 is 11.5 Å². The monoisotopic (exact) mass is 233 g/mol. The summed E-state index contributed by atoms with van der Waals surface area (Å²) in [7, 11) is 0. The van der Waals surface area contributed by atoms with Crippen molar-refractivity contribution < 1.29 is 0 Å². The van der Waals surface area contributed by atoms with E-state index in [1.165, 1.54) is 17.2 Å². The smallest absolute Gasteiger partial charge is 0.347 e. The van der Waals surface area contributed by atoms with Gasteiger partial charge in [-0.1, -0.05) is 6.92 Å². The number of fused-ring (bicyclic) bond motifs is 1. The molecule has 1 N–H and O–H groups in total. The minimum absolute atomic E-state index is 0.214. The first kappa shape index (κ1) is 10.3. The van der Waals surface area contributed by atoms with Gasteiger partial charge in [0, 0.05) is 25.5 Å². The molecule has 0 amide bonds. The van der Waals surface area contributed by atoms with Crippen molar-refractivity contribution in [3.63, 3.8) is 0 Å².